The van der Waals surface area contributed by atoms with Crippen molar-refractivity contribution in [2.24, 2.45) is 0 Å². The molecule has 0 spiro atoms. The molecule has 1 heterocycles. The number of fused-ring (bicyclic) bond motifs is 1. The van der Waals surface area contributed by atoms with Crippen LogP contribution in [0.3, 0.4) is 0 Å². The van der Waals surface area contributed by atoms with Crippen LogP contribution in [0.4, 0.5) is 5.69 Å². The Kier molecular flexibility index (Phi) is 4.50. The fraction of sp³-hybridized carbons (Fsp3) is 0.250. The minimum atomic E-state index is 0.534. The van der Waals surface area contributed by atoms with Crippen LogP contribution in [-0.2, 0) is 11.3 Å². The molecule has 0 radical (unpaired) electrons. The highest BCUT2D eigenvalue weighted by Gasteiger charge is 2.06. The number of aromatic nitrogens is 3. The maximum absolute atomic E-state index is 5.74. The van der Waals surface area contributed by atoms with Gasteiger partial charge in [0.1, 0.15) is 23.4 Å². The highest BCUT2D eigenvalue weighted by molar-refractivity contribution is 5.87. The van der Waals surface area contributed by atoms with Gasteiger partial charge in [-0.2, -0.15) is 15.4 Å². The smallest absolute Gasteiger partial charge is 0.136 e. The average Bonchev–Trinajstić information content (AvgIpc) is 3.03. The van der Waals surface area contributed by atoms with Gasteiger partial charge in [-0.1, -0.05) is 24.3 Å². The number of ether oxygens (including phenoxy) is 2. The van der Waals surface area contributed by atoms with Crippen molar-refractivity contribution in [2.75, 3.05) is 25.6 Å². The molecule has 3 aromatic rings. The lowest BCUT2D eigenvalue weighted by Crippen LogP contribution is -2.08. The topological polar surface area (TPSA) is 72.1 Å². The van der Waals surface area contributed by atoms with E-state index in [1.54, 1.807) is 7.11 Å². The Morgan fingerprint density at radius 1 is 1.05 bits per heavy atom. The van der Waals surface area contributed by atoms with Crippen molar-refractivity contribution < 1.29 is 9.47 Å². The van der Waals surface area contributed by atoms with Crippen LogP contribution in [0.2, 0.25) is 0 Å². The van der Waals surface area contributed by atoms with Crippen LogP contribution in [0.1, 0.15) is 5.56 Å². The normalized spacial score (nSPS) is 10.8. The maximum Gasteiger partial charge on any atom is 0.136 e. The molecule has 1 aromatic heterocycles. The summed E-state index contributed by atoms with van der Waals surface area (Å²) in [6.45, 7) is 1.75. The van der Waals surface area contributed by atoms with E-state index in [1.165, 1.54) is 0 Å². The quantitative estimate of drug-likeness (QED) is 0.656. The fourth-order valence-electron chi connectivity index (χ4n) is 2.23. The van der Waals surface area contributed by atoms with Gasteiger partial charge in [0.05, 0.1) is 12.3 Å². The molecule has 114 valence electrons. The lowest BCUT2D eigenvalue weighted by atomic mass is 10.2. The summed E-state index contributed by atoms with van der Waals surface area (Å²) in [5.74, 6) is 0.861. The number of aromatic amines is 1. The predicted molar refractivity (Wildman–Crippen MR) is 85.0 cm³/mol. The van der Waals surface area contributed by atoms with Gasteiger partial charge < -0.3 is 14.8 Å². The number of para-hydroxylation sites is 2. The molecule has 3 rings (SSSR count). The van der Waals surface area contributed by atoms with Gasteiger partial charge in [-0.25, -0.2) is 0 Å². The van der Waals surface area contributed by atoms with E-state index in [1.807, 2.05) is 42.5 Å². The summed E-state index contributed by atoms with van der Waals surface area (Å²) in [5, 5.41) is 14.3. The number of nitrogens with zero attached hydrogens (tertiary/aromatic N) is 2. The van der Waals surface area contributed by atoms with E-state index in [9.17, 15) is 0 Å². The molecule has 0 aliphatic carbocycles. The third-order valence-electron chi connectivity index (χ3n) is 3.33. The second kappa shape index (κ2) is 6.91. The van der Waals surface area contributed by atoms with Gasteiger partial charge in [0.15, 0.2) is 0 Å². The molecular weight excluding hydrogens is 280 g/mol. The van der Waals surface area contributed by atoms with E-state index >= 15 is 0 Å². The molecule has 0 saturated carbocycles. The number of hydrogen-bond donors (Lipinski definition) is 2. The van der Waals surface area contributed by atoms with Crippen LogP contribution in [0.15, 0.2) is 42.5 Å². The van der Waals surface area contributed by atoms with Crippen molar-refractivity contribution in [3.63, 3.8) is 0 Å². The number of rotatable bonds is 7. The largest absolute Gasteiger partial charge is 0.491 e. The standard InChI is InChI=1S/C16H18N4O2/c1-21-9-10-22-15-8-3-2-5-12(15)11-17-13-6-4-7-14-16(13)19-20-18-14/h2-8,17H,9-11H2,1H3,(H,18,19,20). The number of anilines is 1. The van der Waals surface area contributed by atoms with Crippen LogP contribution in [0.25, 0.3) is 11.0 Å². The Labute approximate surface area is 128 Å². The molecule has 6 nitrogen and oxygen atoms in total. The first-order chi connectivity index (χ1) is 10.9. The number of hydrogen-bond acceptors (Lipinski definition) is 5. The molecule has 0 atom stereocenters. The van der Waals surface area contributed by atoms with Gasteiger partial charge in [-0.05, 0) is 18.2 Å². The number of methoxy groups -OCH3 is 1. The molecule has 6 heteroatoms. The molecule has 22 heavy (non-hydrogen) atoms. The van der Waals surface area contributed by atoms with Crippen molar-refractivity contribution in [1.29, 1.82) is 0 Å². The SMILES string of the molecule is COCCOc1ccccc1CNc1cccc2n[nH]nc12. The summed E-state index contributed by atoms with van der Waals surface area (Å²) in [6, 6.07) is 13.8. The lowest BCUT2D eigenvalue weighted by Gasteiger charge is -2.12. The summed E-state index contributed by atoms with van der Waals surface area (Å²) < 4.78 is 10.8. The first-order valence-corrected chi connectivity index (χ1v) is 7.11. The molecule has 0 saturated heterocycles. The van der Waals surface area contributed by atoms with Crippen LogP contribution < -0.4 is 10.1 Å². The van der Waals surface area contributed by atoms with E-state index in [0.717, 1.165) is 28.0 Å². The molecule has 0 aliphatic heterocycles. The van der Waals surface area contributed by atoms with Gasteiger partial charge in [0, 0.05) is 19.2 Å². The first-order valence-electron chi connectivity index (χ1n) is 7.11. The highest BCUT2D eigenvalue weighted by Crippen LogP contribution is 2.22. The molecular formula is C16H18N4O2. The van der Waals surface area contributed by atoms with Crippen LogP contribution in [-0.4, -0.2) is 35.7 Å². The molecule has 0 aliphatic rings. The number of H-pyrrole nitrogens is 1. The van der Waals surface area contributed by atoms with E-state index < -0.39 is 0 Å². The lowest BCUT2D eigenvalue weighted by molar-refractivity contribution is 0.146. The highest BCUT2D eigenvalue weighted by atomic mass is 16.5. The molecule has 0 bridgehead atoms. The fourth-order valence-corrected chi connectivity index (χ4v) is 2.23. The van der Waals surface area contributed by atoms with Crippen molar-refractivity contribution in [3.05, 3.63) is 48.0 Å². The van der Waals surface area contributed by atoms with Crippen molar-refractivity contribution in [3.8, 4) is 5.75 Å². The Balaban J connectivity index is 1.72. The summed E-state index contributed by atoms with van der Waals surface area (Å²) in [4.78, 5) is 0. The van der Waals surface area contributed by atoms with Gasteiger partial charge in [0.2, 0.25) is 0 Å². The maximum atomic E-state index is 5.74. The van der Waals surface area contributed by atoms with E-state index in [0.29, 0.717) is 19.8 Å². The molecule has 0 fully saturated rings. The Bertz CT molecular complexity index is 742. The van der Waals surface area contributed by atoms with Crippen LogP contribution in [0.5, 0.6) is 5.75 Å². The third-order valence-corrected chi connectivity index (χ3v) is 3.33. The zero-order chi connectivity index (χ0) is 15.2. The van der Waals surface area contributed by atoms with Crippen molar-refractivity contribution in [2.45, 2.75) is 6.54 Å². The minimum absolute atomic E-state index is 0.534. The summed E-state index contributed by atoms with van der Waals surface area (Å²) in [5.41, 5.74) is 3.70. The number of benzene rings is 2. The monoisotopic (exact) mass is 298 g/mol. The summed E-state index contributed by atoms with van der Waals surface area (Å²) in [6.07, 6.45) is 0. The van der Waals surface area contributed by atoms with Gasteiger partial charge in [-0.3, -0.25) is 0 Å². The van der Waals surface area contributed by atoms with Crippen LogP contribution in [0, 0.1) is 0 Å². The predicted octanol–water partition coefficient (Wildman–Crippen LogP) is 2.60. The molecule has 2 aromatic carbocycles. The third kappa shape index (κ3) is 3.17. The van der Waals surface area contributed by atoms with Crippen LogP contribution >= 0.6 is 0 Å². The van der Waals surface area contributed by atoms with Gasteiger partial charge in [-0.15, -0.1) is 0 Å². The first kappa shape index (κ1) is 14.3. The summed E-state index contributed by atoms with van der Waals surface area (Å²) in [7, 11) is 1.66. The number of nitrogens with one attached hydrogen (secondary N) is 2. The minimum Gasteiger partial charge on any atom is -0.491 e. The average molecular weight is 298 g/mol. The van der Waals surface area contributed by atoms with E-state index in [2.05, 4.69) is 20.7 Å². The van der Waals surface area contributed by atoms with E-state index in [-0.39, 0.29) is 0 Å². The molecule has 0 amide bonds. The van der Waals surface area contributed by atoms with Crippen molar-refractivity contribution in [1.82, 2.24) is 15.4 Å². The van der Waals surface area contributed by atoms with Gasteiger partial charge >= 0.3 is 0 Å². The Morgan fingerprint density at radius 3 is 2.86 bits per heavy atom. The zero-order valence-electron chi connectivity index (χ0n) is 12.4. The Morgan fingerprint density at radius 2 is 1.95 bits per heavy atom. The molecule has 0 unspecified atom stereocenters. The Hall–Kier alpha value is -2.60. The van der Waals surface area contributed by atoms with E-state index in [4.69, 9.17) is 9.47 Å². The second-order valence-electron chi connectivity index (χ2n) is 4.80. The van der Waals surface area contributed by atoms with Gasteiger partial charge in [0.25, 0.3) is 0 Å². The summed E-state index contributed by atoms with van der Waals surface area (Å²) >= 11 is 0. The molecule has 2 N–H and O–H groups in total. The van der Waals surface area contributed by atoms with Crippen molar-refractivity contribution >= 4 is 16.7 Å². The zero-order valence-corrected chi connectivity index (χ0v) is 12.4. The second-order valence-corrected chi connectivity index (χ2v) is 4.80.